The average Bonchev–Trinajstić information content (AvgIpc) is 2.92. The lowest BCUT2D eigenvalue weighted by Gasteiger charge is -2.30. The quantitative estimate of drug-likeness (QED) is 0.776. The first-order valence-electron chi connectivity index (χ1n) is 8.38. The molecule has 0 heterocycles. The molecule has 0 radical (unpaired) electrons. The van der Waals surface area contributed by atoms with E-state index < -0.39 is 10.8 Å². The second-order valence-corrected chi connectivity index (χ2v) is 8.03. The fourth-order valence-electron chi connectivity index (χ4n) is 3.87. The van der Waals surface area contributed by atoms with Gasteiger partial charge in [-0.3, -0.25) is 4.21 Å². The summed E-state index contributed by atoms with van der Waals surface area (Å²) in [6.07, 6.45) is 12.2. The molecule has 2 unspecified atom stereocenters. The van der Waals surface area contributed by atoms with Gasteiger partial charge in [0.15, 0.2) is 0 Å². The Morgan fingerprint density at radius 3 is 2.32 bits per heavy atom. The van der Waals surface area contributed by atoms with Gasteiger partial charge in [0.05, 0.1) is 0 Å². The van der Waals surface area contributed by atoms with E-state index in [4.69, 9.17) is 0 Å². The van der Waals surface area contributed by atoms with Crippen molar-refractivity contribution < 1.29 is 4.21 Å². The summed E-state index contributed by atoms with van der Waals surface area (Å²) in [7, 11) is -0.606. The van der Waals surface area contributed by atoms with Crippen molar-refractivity contribution >= 4 is 10.8 Å². The summed E-state index contributed by atoms with van der Waals surface area (Å²) in [6, 6.07) is 0.507. The van der Waals surface area contributed by atoms with Gasteiger partial charge in [0.25, 0.3) is 0 Å². The Morgan fingerprint density at radius 1 is 1.05 bits per heavy atom. The third kappa shape index (κ3) is 5.18. The maximum absolute atomic E-state index is 12.4. The molecule has 0 aliphatic heterocycles. The van der Waals surface area contributed by atoms with Crippen LogP contribution >= 0.6 is 0 Å². The molecule has 2 rings (SSSR count). The van der Waals surface area contributed by atoms with Crippen molar-refractivity contribution in [3.05, 3.63) is 0 Å². The fraction of sp³-hybridized carbons (Fsp3) is 1.00. The number of rotatable bonds is 7. The van der Waals surface area contributed by atoms with E-state index in [1.807, 2.05) is 0 Å². The molecule has 0 bridgehead atoms. The molecule has 2 atom stereocenters. The van der Waals surface area contributed by atoms with Crippen LogP contribution in [0.1, 0.15) is 64.7 Å². The lowest BCUT2D eigenvalue weighted by Crippen LogP contribution is -2.41. The minimum Gasteiger partial charge on any atom is -0.313 e. The topological polar surface area (TPSA) is 29.1 Å². The van der Waals surface area contributed by atoms with Crippen molar-refractivity contribution in [1.29, 1.82) is 0 Å². The van der Waals surface area contributed by atoms with Crippen LogP contribution in [0.5, 0.6) is 0 Å². The molecule has 19 heavy (non-hydrogen) atoms. The van der Waals surface area contributed by atoms with Gasteiger partial charge < -0.3 is 5.32 Å². The third-order valence-corrected chi connectivity index (χ3v) is 6.52. The van der Waals surface area contributed by atoms with Gasteiger partial charge in [0, 0.05) is 28.3 Å². The molecule has 1 N–H and O–H groups in total. The Morgan fingerprint density at radius 2 is 1.68 bits per heavy atom. The van der Waals surface area contributed by atoms with Gasteiger partial charge in [-0.1, -0.05) is 39.0 Å². The third-order valence-electron chi connectivity index (χ3n) is 4.95. The molecule has 0 aromatic rings. The van der Waals surface area contributed by atoms with Gasteiger partial charge in [-0.2, -0.15) is 0 Å². The van der Waals surface area contributed by atoms with E-state index in [-0.39, 0.29) is 0 Å². The lowest BCUT2D eigenvalue weighted by atomic mass is 9.84. The van der Waals surface area contributed by atoms with E-state index in [9.17, 15) is 4.21 Å². The van der Waals surface area contributed by atoms with E-state index in [1.54, 1.807) is 0 Å². The molecule has 0 spiro atoms. The SMILES string of the molecule is CCNC(CS(=O)CC1CCCC1)C1CCCCC1. The van der Waals surface area contributed by atoms with Crippen LogP contribution in [0.25, 0.3) is 0 Å². The second kappa shape index (κ2) is 8.41. The molecule has 0 saturated heterocycles. The summed E-state index contributed by atoms with van der Waals surface area (Å²) in [4.78, 5) is 0. The minimum atomic E-state index is -0.606. The normalized spacial score (nSPS) is 25.5. The summed E-state index contributed by atoms with van der Waals surface area (Å²) in [5, 5.41) is 3.62. The van der Waals surface area contributed by atoms with Crippen LogP contribution in [0.4, 0.5) is 0 Å². The van der Waals surface area contributed by atoms with Crippen molar-refractivity contribution in [3.63, 3.8) is 0 Å². The van der Waals surface area contributed by atoms with Gasteiger partial charge in [-0.25, -0.2) is 0 Å². The van der Waals surface area contributed by atoms with Crippen LogP contribution in [0, 0.1) is 11.8 Å². The van der Waals surface area contributed by atoms with Crippen LogP contribution in [0.15, 0.2) is 0 Å². The monoisotopic (exact) mass is 285 g/mol. The van der Waals surface area contributed by atoms with Gasteiger partial charge in [-0.05, 0) is 44.1 Å². The van der Waals surface area contributed by atoms with Crippen LogP contribution in [0.3, 0.4) is 0 Å². The Hall–Kier alpha value is 0.110. The maximum atomic E-state index is 12.4. The fourth-order valence-corrected chi connectivity index (χ4v) is 5.65. The first-order valence-corrected chi connectivity index (χ1v) is 9.86. The maximum Gasteiger partial charge on any atom is 0.0391 e. The predicted octanol–water partition coefficient (Wildman–Crippen LogP) is 3.48. The van der Waals surface area contributed by atoms with Crippen LogP contribution in [0.2, 0.25) is 0 Å². The molecule has 3 heteroatoms. The molecule has 2 aliphatic carbocycles. The predicted molar refractivity (Wildman–Crippen MR) is 83.9 cm³/mol. The smallest absolute Gasteiger partial charge is 0.0391 e. The van der Waals surface area contributed by atoms with E-state index in [0.717, 1.165) is 29.9 Å². The molecule has 112 valence electrons. The molecule has 2 saturated carbocycles. The lowest BCUT2D eigenvalue weighted by molar-refractivity contribution is 0.287. The summed E-state index contributed by atoms with van der Waals surface area (Å²) in [5.41, 5.74) is 0. The highest BCUT2D eigenvalue weighted by atomic mass is 32.2. The molecular weight excluding hydrogens is 254 g/mol. The zero-order chi connectivity index (χ0) is 13.5. The Balaban J connectivity index is 1.78. The van der Waals surface area contributed by atoms with Crippen molar-refractivity contribution in [2.45, 2.75) is 70.8 Å². The minimum absolute atomic E-state index is 0.507. The highest BCUT2D eigenvalue weighted by Gasteiger charge is 2.26. The molecular formula is C16H31NOS. The van der Waals surface area contributed by atoms with Gasteiger partial charge in [0.1, 0.15) is 0 Å². The van der Waals surface area contributed by atoms with E-state index in [1.165, 1.54) is 57.8 Å². The van der Waals surface area contributed by atoms with Crippen molar-refractivity contribution in [2.75, 3.05) is 18.1 Å². The standard InChI is InChI=1S/C16H31NOS/c1-2-17-16(15-10-4-3-5-11-15)13-19(18)12-14-8-6-7-9-14/h14-17H,2-13H2,1H3. The van der Waals surface area contributed by atoms with E-state index >= 15 is 0 Å². The molecule has 0 aromatic heterocycles. The molecule has 2 nitrogen and oxygen atoms in total. The summed E-state index contributed by atoms with van der Waals surface area (Å²) in [6.45, 7) is 3.19. The van der Waals surface area contributed by atoms with Crippen LogP contribution < -0.4 is 5.32 Å². The zero-order valence-electron chi connectivity index (χ0n) is 12.5. The molecule has 2 fully saturated rings. The largest absolute Gasteiger partial charge is 0.313 e. The van der Waals surface area contributed by atoms with Crippen molar-refractivity contribution in [3.8, 4) is 0 Å². The first kappa shape index (κ1) is 15.5. The number of hydrogen-bond donors (Lipinski definition) is 1. The summed E-state index contributed by atoms with van der Waals surface area (Å²) >= 11 is 0. The summed E-state index contributed by atoms with van der Waals surface area (Å²) < 4.78 is 12.4. The second-order valence-electron chi connectivity index (χ2n) is 6.49. The number of nitrogens with one attached hydrogen (secondary N) is 1. The van der Waals surface area contributed by atoms with Crippen molar-refractivity contribution in [2.24, 2.45) is 11.8 Å². The first-order chi connectivity index (χ1) is 9.29. The highest BCUT2D eigenvalue weighted by Crippen LogP contribution is 2.28. The van der Waals surface area contributed by atoms with E-state index in [0.29, 0.717) is 6.04 Å². The Labute approximate surface area is 121 Å². The van der Waals surface area contributed by atoms with Crippen molar-refractivity contribution in [1.82, 2.24) is 5.32 Å². The zero-order valence-corrected chi connectivity index (χ0v) is 13.4. The Kier molecular flexibility index (Phi) is 6.86. The number of hydrogen-bond acceptors (Lipinski definition) is 2. The summed E-state index contributed by atoms with van der Waals surface area (Å²) in [5.74, 6) is 3.40. The van der Waals surface area contributed by atoms with E-state index in [2.05, 4.69) is 12.2 Å². The molecule has 0 aromatic carbocycles. The molecule has 2 aliphatic rings. The van der Waals surface area contributed by atoms with Crippen LogP contribution in [-0.2, 0) is 10.8 Å². The average molecular weight is 285 g/mol. The molecule has 0 amide bonds. The Bertz CT molecular complexity index is 270. The van der Waals surface area contributed by atoms with Gasteiger partial charge in [0.2, 0.25) is 0 Å². The van der Waals surface area contributed by atoms with Gasteiger partial charge >= 0.3 is 0 Å². The van der Waals surface area contributed by atoms with Crippen LogP contribution in [-0.4, -0.2) is 28.3 Å². The van der Waals surface area contributed by atoms with Gasteiger partial charge in [-0.15, -0.1) is 0 Å². The highest BCUT2D eigenvalue weighted by molar-refractivity contribution is 7.85.